The molecule has 120 valence electrons. The van der Waals surface area contributed by atoms with E-state index >= 15 is 0 Å². The molecule has 1 saturated carbocycles. The number of nitrogens with one attached hydrogen (secondary N) is 1. The van der Waals surface area contributed by atoms with Crippen molar-refractivity contribution < 1.29 is 4.79 Å². The molecule has 1 amide bonds. The Bertz CT molecular complexity index is 612. The molecule has 1 aliphatic rings. The monoisotopic (exact) mass is 359 g/mol. The number of anilines is 1. The number of benzene rings is 1. The Morgan fingerprint density at radius 3 is 2.59 bits per heavy atom. The summed E-state index contributed by atoms with van der Waals surface area (Å²) in [6.07, 6.45) is 2.89. The molecule has 0 saturated heterocycles. The van der Waals surface area contributed by atoms with Gasteiger partial charge in [-0.15, -0.1) is 36.2 Å². The molecule has 22 heavy (non-hydrogen) atoms. The van der Waals surface area contributed by atoms with E-state index in [9.17, 15) is 4.79 Å². The second-order valence-electron chi connectivity index (χ2n) is 5.14. The van der Waals surface area contributed by atoms with Gasteiger partial charge in [-0.1, -0.05) is 12.1 Å². The first-order valence-corrected chi connectivity index (χ1v) is 7.64. The smallest absolute Gasteiger partial charge is 0.224 e. The predicted octanol–water partition coefficient (Wildman–Crippen LogP) is 3.31. The molecule has 0 aliphatic heterocycles. The number of rotatable bonds is 5. The van der Waals surface area contributed by atoms with Crippen molar-refractivity contribution in [1.29, 1.82) is 0 Å². The minimum absolute atomic E-state index is 0. The van der Waals surface area contributed by atoms with Crippen molar-refractivity contribution in [1.82, 2.24) is 10.3 Å². The molecule has 7 heteroatoms. The highest BCUT2D eigenvalue weighted by molar-refractivity contribution is 7.09. The number of hydrogen-bond donors (Lipinski definition) is 2. The number of nitrogens with zero attached hydrogens (tertiary/aromatic N) is 1. The lowest BCUT2D eigenvalue weighted by Gasteiger charge is -2.03. The van der Waals surface area contributed by atoms with Crippen molar-refractivity contribution >= 4 is 47.7 Å². The number of hydrogen-bond acceptors (Lipinski definition) is 4. The van der Waals surface area contributed by atoms with Gasteiger partial charge in [0.1, 0.15) is 5.01 Å². The van der Waals surface area contributed by atoms with Crippen LogP contribution in [0.2, 0.25) is 0 Å². The summed E-state index contributed by atoms with van der Waals surface area (Å²) in [5, 5.41) is 6.01. The molecule has 3 rings (SSSR count). The van der Waals surface area contributed by atoms with E-state index in [-0.39, 0.29) is 30.7 Å². The van der Waals surface area contributed by atoms with Crippen molar-refractivity contribution in [3.63, 3.8) is 0 Å². The van der Waals surface area contributed by atoms with Crippen LogP contribution in [0.25, 0.3) is 0 Å². The molecule has 2 aromatic rings. The molecule has 3 N–H and O–H groups in total. The van der Waals surface area contributed by atoms with E-state index in [0.717, 1.165) is 10.6 Å². The van der Waals surface area contributed by atoms with Crippen LogP contribution in [0.5, 0.6) is 0 Å². The Balaban J connectivity index is 0.00000121. The highest BCUT2D eigenvalue weighted by Gasteiger charge is 2.25. The maximum atomic E-state index is 11.9. The largest absolute Gasteiger partial charge is 0.399 e. The summed E-state index contributed by atoms with van der Waals surface area (Å²) in [5.41, 5.74) is 8.49. The van der Waals surface area contributed by atoms with Gasteiger partial charge in [0.15, 0.2) is 0 Å². The number of aromatic nitrogens is 1. The summed E-state index contributed by atoms with van der Waals surface area (Å²) in [4.78, 5) is 16.4. The van der Waals surface area contributed by atoms with Crippen molar-refractivity contribution in [2.75, 3.05) is 5.73 Å². The maximum Gasteiger partial charge on any atom is 0.224 e. The van der Waals surface area contributed by atoms with Gasteiger partial charge in [-0.3, -0.25) is 4.79 Å². The van der Waals surface area contributed by atoms with Crippen LogP contribution in [0.3, 0.4) is 0 Å². The third-order valence-corrected chi connectivity index (χ3v) is 4.21. The molecule has 0 radical (unpaired) electrons. The van der Waals surface area contributed by atoms with Crippen LogP contribution in [0, 0.1) is 0 Å². The molecule has 0 spiro atoms. The highest BCUT2D eigenvalue weighted by Crippen LogP contribution is 2.40. The zero-order valence-electron chi connectivity index (χ0n) is 12.0. The number of carbonyl (C=O) groups excluding carboxylic acids is 1. The second-order valence-corrected chi connectivity index (χ2v) is 6.08. The summed E-state index contributed by atoms with van der Waals surface area (Å²) in [7, 11) is 0. The van der Waals surface area contributed by atoms with Crippen LogP contribution >= 0.6 is 36.2 Å². The SMILES string of the molecule is Cl.Cl.Nc1ccc(CC(=O)NCc2nc(C3CC3)cs2)cc1. The van der Waals surface area contributed by atoms with E-state index in [0.29, 0.717) is 24.6 Å². The lowest BCUT2D eigenvalue weighted by atomic mass is 10.1. The van der Waals surface area contributed by atoms with Gasteiger partial charge in [-0.2, -0.15) is 0 Å². The lowest BCUT2D eigenvalue weighted by molar-refractivity contribution is -0.120. The normalized spacial score (nSPS) is 12.9. The standard InChI is InChI=1S/C15H17N3OS.2ClH/c16-12-5-1-10(2-6-12)7-14(19)17-8-15-18-13(9-20-15)11-3-4-11;;/h1-2,5-6,9,11H,3-4,7-8,16H2,(H,17,19);2*1H. The Kier molecular flexibility index (Phi) is 7.13. The van der Waals surface area contributed by atoms with Crippen LogP contribution in [0.15, 0.2) is 29.6 Å². The van der Waals surface area contributed by atoms with E-state index in [4.69, 9.17) is 5.73 Å². The van der Waals surface area contributed by atoms with Crippen LogP contribution in [-0.2, 0) is 17.8 Å². The molecule has 4 nitrogen and oxygen atoms in total. The Hall–Kier alpha value is -1.30. The number of amides is 1. The summed E-state index contributed by atoms with van der Waals surface area (Å²) in [5.74, 6) is 0.684. The van der Waals surface area contributed by atoms with E-state index in [2.05, 4.69) is 15.7 Å². The fourth-order valence-corrected chi connectivity index (χ4v) is 2.85. The first-order chi connectivity index (χ1) is 9.70. The van der Waals surface area contributed by atoms with Crippen LogP contribution in [-0.4, -0.2) is 10.9 Å². The van der Waals surface area contributed by atoms with E-state index in [1.54, 1.807) is 11.3 Å². The Labute approximate surface area is 146 Å². The van der Waals surface area contributed by atoms with Crippen LogP contribution in [0.1, 0.15) is 35.0 Å². The molecule has 1 aromatic heterocycles. The fourth-order valence-electron chi connectivity index (χ4n) is 2.03. The molecular formula is C15H19Cl2N3OS. The van der Waals surface area contributed by atoms with Gasteiger partial charge in [0.25, 0.3) is 0 Å². The van der Waals surface area contributed by atoms with E-state index in [1.807, 2.05) is 24.3 Å². The van der Waals surface area contributed by atoms with Gasteiger partial charge < -0.3 is 11.1 Å². The second kappa shape index (κ2) is 8.36. The third kappa shape index (κ3) is 5.16. The fraction of sp³-hybridized carbons (Fsp3) is 0.333. The molecule has 0 unspecified atom stereocenters. The van der Waals surface area contributed by atoms with E-state index < -0.39 is 0 Å². The zero-order chi connectivity index (χ0) is 13.9. The molecule has 1 aromatic carbocycles. The molecule has 0 bridgehead atoms. The summed E-state index contributed by atoms with van der Waals surface area (Å²) in [6, 6.07) is 7.38. The van der Waals surface area contributed by atoms with Gasteiger partial charge in [0, 0.05) is 17.0 Å². The Morgan fingerprint density at radius 1 is 1.27 bits per heavy atom. The first kappa shape index (κ1) is 18.7. The van der Waals surface area contributed by atoms with Gasteiger partial charge >= 0.3 is 0 Å². The average Bonchev–Trinajstić information content (AvgIpc) is 3.18. The van der Waals surface area contributed by atoms with Gasteiger partial charge in [0.2, 0.25) is 5.91 Å². The summed E-state index contributed by atoms with van der Waals surface area (Å²) in [6.45, 7) is 0.519. The molecule has 1 heterocycles. The van der Waals surface area contributed by atoms with Crippen molar-refractivity contribution in [3.8, 4) is 0 Å². The first-order valence-electron chi connectivity index (χ1n) is 6.76. The minimum Gasteiger partial charge on any atom is -0.399 e. The number of halogens is 2. The van der Waals surface area contributed by atoms with Gasteiger partial charge in [-0.25, -0.2) is 4.98 Å². The van der Waals surface area contributed by atoms with Gasteiger partial charge in [-0.05, 0) is 30.5 Å². The summed E-state index contributed by atoms with van der Waals surface area (Å²) >= 11 is 1.63. The minimum atomic E-state index is 0. The average molecular weight is 360 g/mol. The molecule has 1 aliphatic carbocycles. The molecule has 1 fully saturated rings. The van der Waals surface area contributed by atoms with Crippen molar-refractivity contribution in [3.05, 3.63) is 45.9 Å². The predicted molar refractivity (Wildman–Crippen MR) is 95.0 cm³/mol. The van der Waals surface area contributed by atoms with Gasteiger partial charge in [0.05, 0.1) is 18.7 Å². The van der Waals surface area contributed by atoms with Crippen LogP contribution < -0.4 is 11.1 Å². The highest BCUT2D eigenvalue weighted by atomic mass is 35.5. The van der Waals surface area contributed by atoms with Crippen molar-refractivity contribution in [2.24, 2.45) is 0 Å². The quantitative estimate of drug-likeness (QED) is 0.804. The maximum absolute atomic E-state index is 11.9. The topological polar surface area (TPSA) is 68.0 Å². The lowest BCUT2D eigenvalue weighted by Crippen LogP contribution is -2.24. The van der Waals surface area contributed by atoms with Crippen molar-refractivity contribution in [2.45, 2.75) is 31.7 Å². The number of carbonyl (C=O) groups is 1. The third-order valence-electron chi connectivity index (χ3n) is 3.35. The number of nitrogens with two attached hydrogens (primary N) is 1. The summed E-state index contributed by atoms with van der Waals surface area (Å²) < 4.78 is 0. The van der Waals surface area contributed by atoms with E-state index in [1.165, 1.54) is 18.5 Å². The molecular weight excluding hydrogens is 341 g/mol. The van der Waals surface area contributed by atoms with Crippen LogP contribution in [0.4, 0.5) is 5.69 Å². The zero-order valence-corrected chi connectivity index (χ0v) is 14.4. The molecule has 0 atom stereocenters. The number of thiazole rings is 1. The Morgan fingerprint density at radius 2 is 1.95 bits per heavy atom. The number of nitrogen functional groups attached to an aromatic ring is 1.